The Morgan fingerprint density at radius 3 is 2.25 bits per heavy atom. The Labute approximate surface area is 113 Å². The first-order valence-corrected chi connectivity index (χ1v) is 5.89. The highest BCUT2D eigenvalue weighted by Gasteiger charge is 2.43. The molecule has 7 heteroatoms. The maximum Gasteiger partial charge on any atom is 0.396 e. The third-order valence-electron chi connectivity index (χ3n) is 2.66. The molecule has 0 spiro atoms. The molecule has 0 radical (unpaired) electrons. The van der Waals surface area contributed by atoms with Crippen molar-refractivity contribution in [1.82, 2.24) is 10.9 Å². The minimum atomic E-state index is -4.74. The van der Waals surface area contributed by atoms with Crippen molar-refractivity contribution in [2.75, 3.05) is 7.05 Å². The van der Waals surface area contributed by atoms with Gasteiger partial charge >= 0.3 is 6.18 Å². The van der Waals surface area contributed by atoms with E-state index >= 15 is 0 Å². The molecule has 20 heavy (non-hydrogen) atoms. The SMILES string of the molecule is CNN/C=C(/c1ccccc1)C(CC(F)F)C(F)(F)F. The van der Waals surface area contributed by atoms with Gasteiger partial charge in [-0.2, -0.15) is 13.2 Å². The molecule has 2 nitrogen and oxygen atoms in total. The number of alkyl halides is 5. The van der Waals surface area contributed by atoms with Crippen molar-refractivity contribution in [3.8, 4) is 0 Å². The lowest BCUT2D eigenvalue weighted by Crippen LogP contribution is -2.29. The Hall–Kier alpha value is -1.63. The minimum absolute atomic E-state index is 0.229. The molecule has 1 unspecified atom stereocenters. The molecule has 112 valence electrons. The molecule has 1 aromatic rings. The standard InChI is InChI=1S/C13H15F5N2/c1-19-20-8-10(9-5-3-2-4-6-9)11(7-12(14)15)13(16,17)18/h2-6,8,11-12,19-20H,7H2,1H3/b10-8-. The van der Waals surface area contributed by atoms with Gasteiger partial charge in [0.05, 0.1) is 5.92 Å². The van der Waals surface area contributed by atoms with E-state index < -0.39 is 24.9 Å². The maximum absolute atomic E-state index is 13.0. The van der Waals surface area contributed by atoms with Crippen molar-refractivity contribution < 1.29 is 22.0 Å². The van der Waals surface area contributed by atoms with Gasteiger partial charge in [-0.15, -0.1) is 0 Å². The van der Waals surface area contributed by atoms with Gasteiger partial charge in [-0.25, -0.2) is 14.2 Å². The van der Waals surface area contributed by atoms with Crippen molar-refractivity contribution in [1.29, 1.82) is 0 Å². The third-order valence-corrected chi connectivity index (χ3v) is 2.66. The topological polar surface area (TPSA) is 24.1 Å². The molecule has 0 aromatic heterocycles. The van der Waals surface area contributed by atoms with Crippen LogP contribution in [0.2, 0.25) is 0 Å². The third kappa shape index (κ3) is 4.80. The van der Waals surface area contributed by atoms with Crippen LogP contribution >= 0.6 is 0 Å². The molecule has 0 fully saturated rings. The zero-order chi connectivity index (χ0) is 15.2. The van der Waals surface area contributed by atoms with E-state index in [-0.39, 0.29) is 11.1 Å². The Bertz CT molecular complexity index is 428. The summed E-state index contributed by atoms with van der Waals surface area (Å²) in [6.45, 7) is 0. The summed E-state index contributed by atoms with van der Waals surface area (Å²) < 4.78 is 64.0. The van der Waals surface area contributed by atoms with Crippen LogP contribution in [0.15, 0.2) is 36.5 Å². The van der Waals surface area contributed by atoms with Crippen LogP contribution in [-0.2, 0) is 0 Å². The summed E-state index contributed by atoms with van der Waals surface area (Å²) in [5.74, 6) is -2.23. The van der Waals surface area contributed by atoms with Crippen molar-refractivity contribution in [3.05, 3.63) is 42.1 Å². The fourth-order valence-corrected chi connectivity index (χ4v) is 1.78. The zero-order valence-electron chi connectivity index (χ0n) is 10.7. The van der Waals surface area contributed by atoms with Crippen molar-refractivity contribution in [2.24, 2.45) is 5.92 Å². The predicted molar refractivity (Wildman–Crippen MR) is 66.8 cm³/mol. The van der Waals surface area contributed by atoms with Crippen molar-refractivity contribution in [3.63, 3.8) is 0 Å². The highest BCUT2D eigenvalue weighted by atomic mass is 19.4. The van der Waals surface area contributed by atoms with Crippen LogP contribution in [0.3, 0.4) is 0 Å². The highest BCUT2D eigenvalue weighted by molar-refractivity contribution is 5.67. The summed E-state index contributed by atoms with van der Waals surface area (Å²) in [6, 6.07) is 7.65. The summed E-state index contributed by atoms with van der Waals surface area (Å²) in [7, 11) is 1.47. The van der Waals surface area contributed by atoms with E-state index in [1.165, 1.54) is 19.2 Å². The Morgan fingerprint density at radius 1 is 1.20 bits per heavy atom. The average molecular weight is 294 g/mol. The summed E-state index contributed by atoms with van der Waals surface area (Å²) in [5.41, 5.74) is 4.88. The average Bonchev–Trinajstić information content (AvgIpc) is 2.37. The summed E-state index contributed by atoms with van der Waals surface area (Å²) in [6.07, 6.45) is -7.98. The van der Waals surface area contributed by atoms with Gasteiger partial charge in [0.25, 0.3) is 0 Å². The number of hydrazine groups is 1. The first-order chi connectivity index (χ1) is 9.36. The number of nitrogens with one attached hydrogen (secondary N) is 2. The fourth-order valence-electron chi connectivity index (χ4n) is 1.78. The van der Waals surface area contributed by atoms with Gasteiger partial charge in [-0.3, -0.25) is 0 Å². The van der Waals surface area contributed by atoms with E-state index in [9.17, 15) is 22.0 Å². The summed E-state index contributed by atoms with van der Waals surface area (Å²) in [4.78, 5) is 0. The van der Waals surface area contributed by atoms with Gasteiger partial charge < -0.3 is 5.43 Å². The van der Waals surface area contributed by atoms with Gasteiger partial charge in [0.2, 0.25) is 6.43 Å². The molecule has 0 aliphatic carbocycles. The molecule has 0 saturated heterocycles. The van der Waals surface area contributed by atoms with Gasteiger partial charge in [0.15, 0.2) is 0 Å². The van der Waals surface area contributed by atoms with E-state index in [4.69, 9.17) is 0 Å². The highest BCUT2D eigenvalue weighted by Crippen LogP contribution is 2.40. The van der Waals surface area contributed by atoms with E-state index in [0.29, 0.717) is 0 Å². The number of allylic oxidation sites excluding steroid dienone is 1. The normalized spacial score (nSPS) is 14.4. The van der Waals surface area contributed by atoms with Gasteiger partial charge in [0.1, 0.15) is 0 Å². The first-order valence-electron chi connectivity index (χ1n) is 5.89. The van der Waals surface area contributed by atoms with E-state index in [2.05, 4.69) is 10.9 Å². The van der Waals surface area contributed by atoms with E-state index in [1.54, 1.807) is 18.2 Å². The molecular weight excluding hydrogens is 279 g/mol. The molecule has 0 amide bonds. The Balaban J connectivity index is 3.19. The lowest BCUT2D eigenvalue weighted by Gasteiger charge is -2.23. The zero-order valence-corrected chi connectivity index (χ0v) is 10.7. The molecule has 0 saturated carbocycles. The van der Waals surface area contributed by atoms with Crippen LogP contribution < -0.4 is 10.9 Å². The molecule has 1 aromatic carbocycles. The second-order valence-electron chi connectivity index (χ2n) is 4.08. The number of benzene rings is 1. The van der Waals surface area contributed by atoms with Crippen LogP contribution in [-0.4, -0.2) is 19.6 Å². The molecule has 2 N–H and O–H groups in total. The monoisotopic (exact) mass is 294 g/mol. The van der Waals surface area contributed by atoms with Crippen molar-refractivity contribution in [2.45, 2.75) is 19.0 Å². The maximum atomic E-state index is 13.0. The second kappa shape index (κ2) is 7.23. The molecule has 1 atom stereocenters. The number of rotatable bonds is 6. The number of halogens is 5. The van der Waals surface area contributed by atoms with Crippen LogP contribution in [0.4, 0.5) is 22.0 Å². The molecule has 0 aliphatic rings. The smallest absolute Gasteiger partial charge is 0.329 e. The lowest BCUT2D eigenvalue weighted by atomic mass is 9.90. The Kier molecular flexibility index (Phi) is 5.94. The number of hydrogen-bond donors (Lipinski definition) is 2. The predicted octanol–water partition coefficient (Wildman–Crippen LogP) is 3.59. The molecular formula is C13H15F5N2. The largest absolute Gasteiger partial charge is 0.396 e. The van der Waals surface area contributed by atoms with Crippen LogP contribution in [0, 0.1) is 5.92 Å². The quantitative estimate of drug-likeness (QED) is 0.619. The summed E-state index contributed by atoms with van der Waals surface area (Å²) in [5, 5.41) is 0. The Morgan fingerprint density at radius 2 is 1.80 bits per heavy atom. The van der Waals surface area contributed by atoms with Crippen LogP contribution in [0.25, 0.3) is 5.57 Å². The van der Waals surface area contributed by atoms with Crippen LogP contribution in [0.1, 0.15) is 12.0 Å². The molecule has 0 heterocycles. The number of hydrogen-bond acceptors (Lipinski definition) is 2. The lowest BCUT2D eigenvalue weighted by molar-refractivity contribution is -0.166. The van der Waals surface area contributed by atoms with E-state index in [0.717, 1.165) is 6.20 Å². The van der Waals surface area contributed by atoms with E-state index in [1.807, 2.05) is 0 Å². The summed E-state index contributed by atoms with van der Waals surface area (Å²) >= 11 is 0. The minimum Gasteiger partial charge on any atom is -0.329 e. The molecule has 0 bridgehead atoms. The fraction of sp³-hybridized carbons (Fsp3) is 0.385. The van der Waals surface area contributed by atoms with Crippen molar-refractivity contribution >= 4 is 5.57 Å². The molecule has 0 aliphatic heterocycles. The molecule has 1 rings (SSSR count). The van der Waals surface area contributed by atoms with Gasteiger partial charge in [-0.05, 0) is 11.1 Å². The van der Waals surface area contributed by atoms with Crippen LogP contribution in [0.5, 0.6) is 0 Å². The van der Waals surface area contributed by atoms with Gasteiger partial charge in [-0.1, -0.05) is 30.3 Å². The second-order valence-corrected chi connectivity index (χ2v) is 4.08. The van der Waals surface area contributed by atoms with Gasteiger partial charge in [0, 0.05) is 19.7 Å². The first kappa shape index (κ1) is 16.4.